The maximum Gasteiger partial charge on any atom is 0.304 e. The van der Waals surface area contributed by atoms with E-state index in [-0.39, 0.29) is 12.5 Å². The summed E-state index contributed by atoms with van der Waals surface area (Å²) < 4.78 is 0. The van der Waals surface area contributed by atoms with E-state index in [1.54, 1.807) is 12.1 Å². The fraction of sp³-hybridized carbons (Fsp3) is 0.462. The second kappa shape index (κ2) is 5.91. The molecule has 1 atom stereocenters. The molecule has 1 aromatic rings. The lowest BCUT2D eigenvalue weighted by Crippen LogP contribution is -2.35. The number of carboxylic acid groups (broad SMARTS) is 1. The van der Waals surface area contributed by atoms with Crippen LogP contribution in [0.4, 0.5) is 0 Å². The van der Waals surface area contributed by atoms with Gasteiger partial charge in [0.05, 0.1) is 6.42 Å². The van der Waals surface area contributed by atoms with Gasteiger partial charge in [-0.05, 0) is 37.0 Å². The van der Waals surface area contributed by atoms with Crippen molar-refractivity contribution in [3.63, 3.8) is 0 Å². The van der Waals surface area contributed by atoms with E-state index in [9.17, 15) is 4.79 Å². The molecule has 1 fully saturated rings. The van der Waals surface area contributed by atoms with Gasteiger partial charge in [-0.3, -0.25) is 4.79 Å². The Kier molecular flexibility index (Phi) is 4.49. The minimum absolute atomic E-state index is 0.0753. The van der Waals surface area contributed by atoms with E-state index in [1.165, 1.54) is 0 Å². The van der Waals surface area contributed by atoms with Crippen molar-refractivity contribution in [2.24, 2.45) is 0 Å². The van der Waals surface area contributed by atoms with Crippen molar-refractivity contribution >= 4 is 29.2 Å². The van der Waals surface area contributed by atoms with E-state index in [1.807, 2.05) is 6.07 Å². The third-order valence-electron chi connectivity index (χ3n) is 2.95. The summed E-state index contributed by atoms with van der Waals surface area (Å²) >= 11 is 11.9. The van der Waals surface area contributed by atoms with Crippen molar-refractivity contribution in [3.05, 3.63) is 33.8 Å². The number of benzene rings is 1. The first-order valence-corrected chi connectivity index (χ1v) is 6.72. The first-order chi connectivity index (χ1) is 8.54. The molecule has 0 radical (unpaired) electrons. The molecule has 1 saturated carbocycles. The predicted octanol–water partition coefficient (Wildman–Crippen LogP) is 3.13. The number of hydrogen-bond donors (Lipinski definition) is 2. The maximum absolute atomic E-state index is 10.8. The second-order valence-electron chi connectivity index (χ2n) is 4.68. The Morgan fingerprint density at radius 1 is 1.44 bits per heavy atom. The average molecular weight is 288 g/mol. The zero-order valence-corrected chi connectivity index (χ0v) is 11.3. The van der Waals surface area contributed by atoms with Crippen LogP contribution in [0.1, 0.15) is 24.8 Å². The van der Waals surface area contributed by atoms with Crippen LogP contribution in [-0.4, -0.2) is 23.2 Å². The highest BCUT2D eigenvalue weighted by Gasteiger charge is 2.26. The topological polar surface area (TPSA) is 49.3 Å². The van der Waals surface area contributed by atoms with Gasteiger partial charge >= 0.3 is 5.97 Å². The Morgan fingerprint density at radius 3 is 2.72 bits per heavy atom. The molecule has 98 valence electrons. The molecule has 1 unspecified atom stereocenters. The van der Waals surface area contributed by atoms with Crippen molar-refractivity contribution < 1.29 is 9.90 Å². The molecule has 1 aliphatic rings. The van der Waals surface area contributed by atoms with Gasteiger partial charge in [-0.15, -0.1) is 0 Å². The lowest BCUT2D eigenvalue weighted by molar-refractivity contribution is -0.137. The fourth-order valence-corrected chi connectivity index (χ4v) is 2.42. The van der Waals surface area contributed by atoms with E-state index in [0.717, 1.165) is 18.4 Å². The smallest absolute Gasteiger partial charge is 0.304 e. The van der Waals surface area contributed by atoms with Gasteiger partial charge in [0.2, 0.25) is 0 Å². The average Bonchev–Trinajstić information content (AvgIpc) is 3.05. The van der Waals surface area contributed by atoms with E-state index < -0.39 is 5.97 Å². The van der Waals surface area contributed by atoms with Gasteiger partial charge < -0.3 is 10.4 Å². The Bertz CT molecular complexity index is 447. The van der Waals surface area contributed by atoms with Gasteiger partial charge in [0.15, 0.2) is 0 Å². The molecule has 0 amide bonds. The second-order valence-corrected chi connectivity index (χ2v) is 5.52. The van der Waals surface area contributed by atoms with Crippen LogP contribution in [0.2, 0.25) is 10.0 Å². The van der Waals surface area contributed by atoms with Crippen LogP contribution in [0.3, 0.4) is 0 Å². The fourth-order valence-electron chi connectivity index (χ4n) is 1.94. The normalized spacial score (nSPS) is 16.6. The summed E-state index contributed by atoms with van der Waals surface area (Å²) in [5.74, 6) is -0.793. The Hall–Kier alpha value is -0.770. The molecule has 2 rings (SSSR count). The van der Waals surface area contributed by atoms with Crippen molar-refractivity contribution in [3.8, 4) is 0 Å². The summed E-state index contributed by atoms with van der Waals surface area (Å²) in [6, 6.07) is 5.72. The standard InChI is InChI=1S/C13H15Cl2NO2/c14-9-2-1-8(12(15)6-9)5-11(7-13(17)18)16-10-3-4-10/h1-2,6,10-11,16H,3-5,7H2,(H,17,18). The SMILES string of the molecule is O=C(O)CC(Cc1ccc(Cl)cc1Cl)NC1CC1. The minimum atomic E-state index is -0.793. The highest BCUT2D eigenvalue weighted by atomic mass is 35.5. The van der Waals surface area contributed by atoms with E-state index >= 15 is 0 Å². The van der Waals surface area contributed by atoms with Crippen LogP contribution < -0.4 is 5.32 Å². The van der Waals surface area contributed by atoms with Crippen LogP contribution in [0.15, 0.2) is 18.2 Å². The number of halogens is 2. The number of carboxylic acids is 1. The van der Waals surface area contributed by atoms with Gasteiger partial charge in [-0.1, -0.05) is 29.3 Å². The maximum atomic E-state index is 10.8. The first kappa shape index (κ1) is 13.7. The number of rotatable bonds is 6. The first-order valence-electron chi connectivity index (χ1n) is 5.96. The van der Waals surface area contributed by atoms with Gasteiger partial charge in [-0.25, -0.2) is 0 Å². The molecule has 0 spiro atoms. The lowest BCUT2D eigenvalue weighted by atomic mass is 10.0. The summed E-state index contributed by atoms with van der Waals surface area (Å²) in [7, 11) is 0. The third kappa shape index (κ3) is 4.16. The molecule has 18 heavy (non-hydrogen) atoms. The zero-order valence-electron chi connectivity index (χ0n) is 9.83. The number of nitrogens with one attached hydrogen (secondary N) is 1. The molecule has 1 aliphatic carbocycles. The summed E-state index contributed by atoms with van der Waals surface area (Å²) in [5, 5.41) is 13.4. The van der Waals surface area contributed by atoms with Crippen molar-refractivity contribution in [1.82, 2.24) is 5.32 Å². The van der Waals surface area contributed by atoms with E-state index in [2.05, 4.69) is 5.32 Å². The molecule has 0 aromatic heterocycles. The van der Waals surface area contributed by atoms with Crippen LogP contribution in [0.5, 0.6) is 0 Å². The predicted molar refractivity (Wildman–Crippen MR) is 72.4 cm³/mol. The number of hydrogen-bond acceptors (Lipinski definition) is 2. The van der Waals surface area contributed by atoms with Crippen LogP contribution in [-0.2, 0) is 11.2 Å². The van der Waals surface area contributed by atoms with Crippen molar-refractivity contribution in [2.45, 2.75) is 37.8 Å². The molecule has 0 bridgehead atoms. The van der Waals surface area contributed by atoms with Gasteiger partial charge in [-0.2, -0.15) is 0 Å². The van der Waals surface area contributed by atoms with Crippen molar-refractivity contribution in [2.75, 3.05) is 0 Å². The number of aliphatic carboxylic acids is 1. The van der Waals surface area contributed by atoms with E-state index in [4.69, 9.17) is 28.3 Å². The molecule has 3 nitrogen and oxygen atoms in total. The number of carbonyl (C=O) groups is 1. The Labute approximate surface area is 116 Å². The molecule has 2 N–H and O–H groups in total. The van der Waals surface area contributed by atoms with Crippen LogP contribution in [0.25, 0.3) is 0 Å². The Balaban J connectivity index is 2.03. The van der Waals surface area contributed by atoms with Gasteiger partial charge in [0.25, 0.3) is 0 Å². The quantitative estimate of drug-likeness (QED) is 0.845. The molecular formula is C13H15Cl2NO2. The lowest BCUT2D eigenvalue weighted by Gasteiger charge is -2.17. The van der Waals surface area contributed by atoms with E-state index in [0.29, 0.717) is 22.5 Å². The molecular weight excluding hydrogens is 273 g/mol. The Morgan fingerprint density at radius 2 is 2.17 bits per heavy atom. The van der Waals surface area contributed by atoms with Crippen LogP contribution in [0, 0.1) is 0 Å². The zero-order chi connectivity index (χ0) is 13.1. The molecule has 0 saturated heterocycles. The molecule has 0 aliphatic heterocycles. The minimum Gasteiger partial charge on any atom is -0.481 e. The highest BCUT2D eigenvalue weighted by Crippen LogP contribution is 2.25. The summed E-state index contributed by atoms with van der Waals surface area (Å²) in [6.07, 6.45) is 2.98. The largest absolute Gasteiger partial charge is 0.481 e. The highest BCUT2D eigenvalue weighted by molar-refractivity contribution is 6.35. The monoisotopic (exact) mass is 287 g/mol. The van der Waals surface area contributed by atoms with Gasteiger partial charge in [0, 0.05) is 22.1 Å². The molecule has 1 aromatic carbocycles. The summed E-state index contributed by atoms with van der Waals surface area (Å²) in [4.78, 5) is 10.8. The summed E-state index contributed by atoms with van der Waals surface area (Å²) in [5.41, 5.74) is 0.931. The van der Waals surface area contributed by atoms with Crippen molar-refractivity contribution in [1.29, 1.82) is 0 Å². The van der Waals surface area contributed by atoms with Gasteiger partial charge in [0.1, 0.15) is 0 Å². The van der Waals surface area contributed by atoms with Crippen LogP contribution >= 0.6 is 23.2 Å². The summed E-state index contributed by atoms with van der Waals surface area (Å²) in [6.45, 7) is 0. The molecule has 5 heteroatoms. The third-order valence-corrected chi connectivity index (χ3v) is 3.54. The molecule has 0 heterocycles.